The smallest absolute Gasteiger partial charge is 0.270 e. The molecule has 6 nitrogen and oxygen atoms in total. The van der Waals surface area contributed by atoms with Crippen molar-refractivity contribution in [3.63, 3.8) is 0 Å². The van der Waals surface area contributed by atoms with Gasteiger partial charge in [-0.1, -0.05) is 26.7 Å². The minimum Gasteiger partial charge on any atom is -0.496 e. The molecule has 0 heterocycles. The summed E-state index contributed by atoms with van der Waals surface area (Å²) in [6.07, 6.45) is 1.95. The molecule has 0 bridgehead atoms. The predicted molar refractivity (Wildman–Crippen MR) is 76.1 cm³/mol. The fourth-order valence-corrected chi connectivity index (χ4v) is 1.90. The van der Waals surface area contributed by atoms with Crippen LogP contribution in [0.15, 0.2) is 18.2 Å². The molecule has 0 aliphatic rings. The molecule has 1 aromatic rings. The lowest BCUT2D eigenvalue weighted by molar-refractivity contribution is -0.384. The third-order valence-corrected chi connectivity index (χ3v) is 3.34. The molecule has 0 saturated heterocycles. The van der Waals surface area contributed by atoms with Crippen molar-refractivity contribution < 1.29 is 14.5 Å². The number of rotatable bonds is 7. The van der Waals surface area contributed by atoms with E-state index >= 15 is 0 Å². The first kappa shape index (κ1) is 15.9. The van der Waals surface area contributed by atoms with E-state index in [-0.39, 0.29) is 17.2 Å². The highest BCUT2D eigenvalue weighted by atomic mass is 16.6. The predicted octanol–water partition coefficient (Wildman–Crippen LogP) is 2.77. The van der Waals surface area contributed by atoms with Crippen molar-refractivity contribution in [2.45, 2.75) is 26.7 Å². The Morgan fingerprint density at radius 2 is 2.05 bits per heavy atom. The van der Waals surface area contributed by atoms with E-state index in [1.807, 2.05) is 0 Å². The van der Waals surface area contributed by atoms with Crippen molar-refractivity contribution in [3.8, 4) is 5.75 Å². The summed E-state index contributed by atoms with van der Waals surface area (Å²) >= 11 is 0. The molecule has 1 amide bonds. The van der Waals surface area contributed by atoms with Gasteiger partial charge in [0.1, 0.15) is 5.75 Å². The van der Waals surface area contributed by atoms with Gasteiger partial charge >= 0.3 is 0 Å². The highest BCUT2D eigenvalue weighted by Gasteiger charge is 2.17. The van der Waals surface area contributed by atoms with Gasteiger partial charge in [0, 0.05) is 18.7 Å². The van der Waals surface area contributed by atoms with Gasteiger partial charge in [0.25, 0.3) is 11.6 Å². The Bertz CT molecular complexity index is 484. The van der Waals surface area contributed by atoms with Gasteiger partial charge in [-0.15, -0.1) is 0 Å². The number of methoxy groups -OCH3 is 1. The molecular weight excluding hydrogens is 260 g/mol. The van der Waals surface area contributed by atoms with Crippen molar-refractivity contribution in [1.29, 1.82) is 0 Å². The van der Waals surface area contributed by atoms with Crippen LogP contribution in [0.3, 0.4) is 0 Å². The van der Waals surface area contributed by atoms with E-state index in [2.05, 4.69) is 19.2 Å². The number of benzene rings is 1. The van der Waals surface area contributed by atoms with Crippen molar-refractivity contribution in [3.05, 3.63) is 33.9 Å². The number of nitrogens with zero attached hydrogens (tertiary/aromatic N) is 1. The molecule has 0 aromatic heterocycles. The van der Waals surface area contributed by atoms with Gasteiger partial charge in [-0.2, -0.15) is 0 Å². The topological polar surface area (TPSA) is 81.5 Å². The summed E-state index contributed by atoms with van der Waals surface area (Å²) in [4.78, 5) is 22.4. The second-order valence-electron chi connectivity index (χ2n) is 4.53. The number of hydrogen-bond acceptors (Lipinski definition) is 4. The lowest BCUT2D eigenvalue weighted by Gasteiger charge is -2.14. The molecule has 20 heavy (non-hydrogen) atoms. The number of carbonyl (C=O) groups excluding carboxylic acids is 1. The Morgan fingerprint density at radius 1 is 1.40 bits per heavy atom. The quantitative estimate of drug-likeness (QED) is 0.615. The first-order chi connectivity index (χ1) is 9.53. The molecule has 0 fully saturated rings. The average molecular weight is 280 g/mol. The summed E-state index contributed by atoms with van der Waals surface area (Å²) in [5, 5.41) is 13.6. The van der Waals surface area contributed by atoms with E-state index in [1.54, 1.807) is 0 Å². The molecule has 0 aliphatic heterocycles. The van der Waals surface area contributed by atoms with E-state index < -0.39 is 4.92 Å². The molecule has 0 aliphatic carbocycles. The van der Waals surface area contributed by atoms with Crippen LogP contribution in [0.2, 0.25) is 0 Å². The average Bonchev–Trinajstić information content (AvgIpc) is 2.47. The van der Waals surface area contributed by atoms with Crippen LogP contribution < -0.4 is 10.1 Å². The molecule has 1 N–H and O–H groups in total. The number of nitro groups is 1. The Morgan fingerprint density at radius 3 is 2.55 bits per heavy atom. The Hall–Kier alpha value is -2.11. The van der Waals surface area contributed by atoms with Gasteiger partial charge in [-0.3, -0.25) is 14.9 Å². The largest absolute Gasteiger partial charge is 0.496 e. The summed E-state index contributed by atoms with van der Waals surface area (Å²) in [7, 11) is 1.43. The van der Waals surface area contributed by atoms with Crippen LogP contribution in [-0.2, 0) is 0 Å². The van der Waals surface area contributed by atoms with Crippen LogP contribution in [0.1, 0.15) is 37.0 Å². The maximum Gasteiger partial charge on any atom is 0.270 e. The molecule has 0 unspecified atom stereocenters. The molecule has 1 rings (SSSR count). The summed E-state index contributed by atoms with van der Waals surface area (Å²) in [5.74, 6) is 0.388. The fraction of sp³-hybridized carbons (Fsp3) is 0.500. The van der Waals surface area contributed by atoms with E-state index in [4.69, 9.17) is 4.74 Å². The summed E-state index contributed by atoms with van der Waals surface area (Å²) in [6, 6.07) is 3.99. The van der Waals surface area contributed by atoms with Gasteiger partial charge in [0.15, 0.2) is 0 Å². The van der Waals surface area contributed by atoms with Crippen LogP contribution in [0.5, 0.6) is 5.75 Å². The van der Waals surface area contributed by atoms with Gasteiger partial charge in [-0.25, -0.2) is 0 Å². The van der Waals surface area contributed by atoms with Gasteiger partial charge in [0.05, 0.1) is 17.6 Å². The second kappa shape index (κ2) is 7.47. The standard InChI is InChI=1S/C14H20N2O4/c1-4-10(5-2)9-15-14(17)12-8-11(16(18)19)6-7-13(12)20-3/h6-8,10H,4-5,9H2,1-3H3,(H,15,17). The maximum atomic E-state index is 12.1. The van der Waals surface area contributed by atoms with E-state index in [9.17, 15) is 14.9 Å². The number of amides is 1. The molecule has 1 aromatic carbocycles. The number of ether oxygens (including phenoxy) is 1. The van der Waals surface area contributed by atoms with E-state index in [0.717, 1.165) is 12.8 Å². The molecule has 6 heteroatoms. The number of hydrogen-bond donors (Lipinski definition) is 1. The van der Waals surface area contributed by atoms with Crippen molar-refractivity contribution in [1.82, 2.24) is 5.32 Å². The molecule has 0 saturated carbocycles. The first-order valence-electron chi connectivity index (χ1n) is 6.64. The molecule has 0 atom stereocenters. The SMILES string of the molecule is CCC(CC)CNC(=O)c1cc([N+](=O)[O-])ccc1OC. The molecule has 110 valence electrons. The normalized spacial score (nSPS) is 10.4. The summed E-state index contributed by atoms with van der Waals surface area (Å²) in [6.45, 7) is 4.68. The minimum atomic E-state index is -0.531. The maximum absolute atomic E-state index is 12.1. The van der Waals surface area contributed by atoms with Gasteiger partial charge in [-0.05, 0) is 12.0 Å². The van der Waals surface area contributed by atoms with Gasteiger partial charge in [0.2, 0.25) is 0 Å². The third-order valence-electron chi connectivity index (χ3n) is 3.34. The van der Waals surface area contributed by atoms with E-state index in [1.165, 1.54) is 25.3 Å². The number of non-ortho nitro benzene ring substituents is 1. The van der Waals surface area contributed by atoms with Crippen LogP contribution in [-0.4, -0.2) is 24.5 Å². The Kier molecular flexibility index (Phi) is 5.96. The lowest BCUT2D eigenvalue weighted by atomic mass is 10.0. The Balaban J connectivity index is 2.90. The number of carbonyl (C=O) groups is 1. The summed E-state index contributed by atoms with van der Waals surface area (Å²) in [5.41, 5.74) is 0.0612. The van der Waals surface area contributed by atoms with Crippen molar-refractivity contribution >= 4 is 11.6 Å². The van der Waals surface area contributed by atoms with Crippen LogP contribution in [0.4, 0.5) is 5.69 Å². The highest BCUT2D eigenvalue weighted by molar-refractivity contribution is 5.97. The molecule has 0 radical (unpaired) electrons. The van der Waals surface area contributed by atoms with Crippen molar-refractivity contribution in [2.75, 3.05) is 13.7 Å². The zero-order valence-corrected chi connectivity index (χ0v) is 12.0. The van der Waals surface area contributed by atoms with Crippen molar-refractivity contribution in [2.24, 2.45) is 5.92 Å². The van der Waals surface area contributed by atoms with Crippen LogP contribution >= 0.6 is 0 Å². The second-order valence-corrected chi connectivity index (χ2v) is 4.53. The minimum absolute atomic E-state index is 0.126. The van der Waals surface area contributed by atoms with Crippen LogP contribution in [0, 0.1) is 16.0 Å². The van der Waals surface area contributed by atoms with Gasteiger partial charge < -0.3 is 10.1 Å². The first-order valence-corrected chi connectivity index (χ1v) is 6.64. The third kappa shape index (κ3) is 3.94. The molecular formula is C14H20N2O4. The lowest BCUT2D eigenvalue weighted by Crippen LogP contribution is -2.29. The summed E-state index contributed by atoms with van der Waals surface area (Å²) < 4.78 is 5.08. The number of nitro benzene ring substituents is 1. The van der Waals surface area contributed by atoms with E-state index in [0.29, 0.717) is 18.2 Å². The number of nitrogens with one attached hydrogen (secondary N) is 1. The van der Waals surface area contributed by atoms with Crippen LogP contribution in [0.25, 0.3) is 0 Å². The zero-order valence-electron chi connectivity index (χ0n) is 12.0. The monoisotopic (exact) mass is 280 g/mol. The zero-order chi connectivity index (χ0) is 15.1. The highest BCUT2D eigenvalue weighted by Crippen LogP contribution is 2.24. The molecule has 0 spiro atoms. The fourth-order valence-electron chi connectivity index (χ4n) is 1.90. The Labute approximate surface area is 118 Å².